The van der Waals surface area contributed by atoms with Crippen LogP contribution >= 0.6 is 0 Å². The fourth-order valence-corrected chi connectivity index (χ4v) is 4.14. The van der Waals surface area contributed by atoms with Crippen LogP contribution in [0.15, 0.2) is 54.7 Å². The summed E-state index contributed by atoms with van der Waals surface area (Å²) >= 11 is 0. The van der Waals surface area contributed by atoms with Crippen LogP contribution in [0.1, 0.15) is 39.6 Å². The number of carbonyl (C=O) groups is 1. The van der Waals surface area contributed by atoms with Crippen LogP contribution in [-0.4, -0.2) is 22.0 Å². The van der Waals surface area contributed by atoms with Gasteiger partial charge in [0.25, 0.3) is 0 Å². The Hall–Kier alpha value is -3.01. The second kappa shape index (κ2) is 7.19. The number of aromatic nitrogens is 1. The van der Waals surface area contributed by atoms with Gasteiger partial charge in [0.2, 0.25) is 0 Å². The molecule has 1 aliphatic heterocycles. The van der Waals surface area contributed by atoms with E-state index < -0.39 is 0 Å². The van der Waals surface area contributed by atoms with Crippen molar-refractivity contribution in [1.29, 1.82) is 0 Å². The zero-order valence-electron chi connectivity index (χ0n) is 17.0. The summed E-state index contributed by atoms with van der Waals surface area (Å²) < 4.78 is 2.26. The minimum Gasteiger partial charge on any atom is -0.348 e. The van der Waals surface area contributed by atoms with Crippen molar-refractivity contribution in [2.45, 2.75) is 40.3 Å². The number of fused-ring (bicyclic) bond motifs is 1. The van der Waals surface area contributed by atoms with Crippen molar-refractivity contribution in [3.63, 3.8) is 0 Å². The smallest absolute Gasteiger partial charge is 0.322 e. The van der Waals surface area contributed by atoms with Crippen molar-refractivity contribution < 1.29 is 4.79 Å². The van der Waals surface area contributed by atoms with Gasteiger partial charge in [-0.15, -0.1) is 0 Å². The number of amides is 2. The van der Waals surface area contributed by atoms with Crippen molar-refractivity contribution in [1.82, 2.24) is 9.47 Å². The molecular formula is C24H27N3O. The minimum atomic E-state index is -0.0885. The van der Waals surface area contributed by atoms with Crippen LogP contribution in [0.5, 0.6) is 0 Å². The molecule has 0 saturated heterocycles. The van der Waals surface area contributed by atoms with Crippen molar-refractivity contribution in [2.24, 2.45) is 0 Å². The monoisotopic (exact) mass is 373 g/mol. The Labute approximate surface area is 166 Å². The standard InChI is InChI=1S/C24H27N3O/c1-16-10-11-20(18(3)15-16)23-22-9-6-12-26(22)13-14-27(23)24(28)25-21-8-5-7-17(2)19(21)4/h5-12,15,23H,13-14H2,1-4H3,(H,25,28). The molecule has 1 N–H and O–H groups in total. The third-order valence-electron chi connectivity index (χ3n) is 5.87. The summed E-state index contributed by atoms with van der Waals surface area (Å²) in [5.41, 5.74) is 7.96. The van der Waals surface area contributed by atoms with E-state index in [0.29, 0.717) is 6.54 Å². The largest absolute Gasteiger partial charge is 0.348 e. The Bertz CT molecular complexity index is 1030. The fourth-order valence-electron chi connectivity index (χ4n) is 4.14. The van der Waals surface area contributed by atoms with Gasteiger partial charge < -0.3 is 14.8 Å². The molecule has 0 aliphatic carbocycles. The molecular weight excluding hydrogens is 346 g/mol. The van der Waals surface area contributed by atoms with Crippen LogP contribution < -0.4 is 5.32 Å². The number of carbonyl (C=O) groups excluding carboxylic acids is 1. The summed E-state index contributed by atoms with van der Waals surface area (Å²) in [5.74, 6) is 0. The average molecular weight is 374 g/mol. The minimum absolute atomic E-state index is 0.0499. The third kappa shape index (κ3) is 3.19. The quantitative estimate of drug-likeness (QED) is 0.645. The fraction of sp³-hybridized carbons (Fsp3) is 0.292. The molecule has 1 atom stereocenters. The van der Waals surface area contributed by atoms with E-state index in [1.165, 1.54) is 22.3 Å². The summed E-state index contributed by atoms with van der Waals surface area (Å²) in [6.07, 6.45) is 2.10. The molecule has 4 heteroatoms. The molecule has 0 saturated carbocycles. The van der Waals surface area contributed by atoms with E-state index in [9.17, 15) is 4.79 Å². The Balaban J connectivity index is 1.72. The first-order valence-electron chi connectivity index (χ1n) is 9.81. The van der Waals surface area contributed by atoms with E-state index in [2.05, 4.69) is 73.3 Å². The van der Waals surface area contributed by atoms with Gasteiger partial charge in [-0.25, -0.2) is 4.79 Å². The summed E-state index contributed by atoms with van der Waals surface area (Å²) in [7, 11) is 0. The maximum atomic E-state index is 13.3. The molecule has 0 radical (unpaired) electrons. The lowest BCUT2D eigenvalue weighted by atomic mass is 9.94. The molecule has 1 aromatic heterocycles. The maximum Gasteiger partial charge on any atom is 0.322 e. The topological polar surface area (TPSA) is 37.3 Å². The first-order chi connectivity index (χ1) is 13.5. The van der Waals surface area contributed by atoms with Gasteiger partial charge in [-0.2, -0.15) is 0 Å². The van der Waals surface area contributed by atoms with Crippen LogP contribution in [0.3, 0.4) is 0 Å². The second-order valence-electron chi connectivity index (χ2n) is 7.76. The Morgan fingerprint density at radius 1 is 0.964 bits per heavy atom. The summed E-state index contributed by atoms with van der Waals surface area (Å²) in [5, 5.41) is 3.15. The van der Waals surface area contributed by atoms with Crippen LogP contribution in [0, 0.1) is 27.7 Å². The molecule has 1 aliphatic rings. The van der Waals surface area contributed by atoms with Gasteiger partial charge in [-0.3, -0.25) is 0 Å². The van der Waals surface area contributed by atoms with E-state index in [-0.39, 0.29) is 12.1 Å². The lowest BCUT2D eigenvalue weighted by Crippen LogP contribution is -2.44. The predicted molar refractivity (Wildman–Crippen MR) is 114 cm³/mol. The Kier molecular flexibility index (Phi) is 4.71. The molecule has 28 heavy (non-hydrogen) atoms. The zero-order valence-corrected chi connectivity index (χ0v) is 17.0. The van der Waals surface area contributed by atoms with Crippen molar-refractivity contribution in [2.75, 3.05) is 11.9 Å². The average Bonchev–Trinajstić information content (AvgIpc) is 3.14. The molecule has 0 fully saturated rings. The van der Waals surface area contributed by atoms with Crippen molar-refractivity contribution in [3.8, 4) is 0 Å². The van der Waals surface area contributed by atoms with Gasteiger partial charge in [0.1, 0.15) is 0 Å². The lowest BCUT2D eigenvalue weighted by Gasteiger charge is -2.38. The number of urea groups is 1. The van der Waals surface area contributed by atoms with Crippen LogP contribution in [-0.2, 0) is 6.54 Å². The van der Waals surface area contributed by atoms with E-state index in [0.717, 1.165) is 23.5 Å². The third-order valence-corrected chi connectivity index (χ3v) is 5.87. The molecule has 0 bridgehead atoms. The normalized spacial score (nSPS) is 16.0. The zero-order chi connectivity index (χ0) is 19.8. The molecule has 0 spiro atoms. The lowest BCUT2D eigenvalue weighted by molar-refractivity contribution is 0.181. The highest BCUT2D eigenvalue weighted by Gasteiger charge is 2.33. The number of nitrogens with zero attached hydrogens (tertiary/aromatic N) is 2. The predicted octanol–water partition coefficient (Wildman–Crippen LogP) is 5.36. The molecule has 2 aromatic carbocycles. The van der Waals surface area contributed by atoms with Gasteiger partial charge in [0, 0.05) is 30.7 Å². The van der Waals surface area contributed by atoms with E-state index in [1.54, 1.807) is 0 Å². The Morgan fingerprint density at radius 2 is 1.79 bits per heavy atom. The summed E-state index contributed by atoms with van der Waals surface area (Å²) in [6, 6.07) is 16.6. The molecule has 144 valence electrons. The Morgan fingerprint density at radius 3 is 2.57 bits per heavy atom. The molecule has 1 unspecified atom stereocenters. The number of aryl methyl sites for hydroxylation is 3. The first-order valence-corrected chi connectivity index (χ1v) is 9.81. The van der Waals surface area contributed by atoms with Gasteiger partial charge in [-0.1, -0.05) is 35.9 Å². The molecule has 4 nitrogen and oxygen atoms in total. The number of nitrogens with one attached hydrogen (secondary N) is 1. The van der Waals surface area contributed by atoms with Gasteiger partial charge in [0.15, 0.2) is 0 Å². The van der Waals surface area contributed by atoms with Gasteiger partial charge >= 0.3 is 6.03 Å². The summed E-state index contributed by atoms with van der Waals surface area (Å²) in [4.78, 5) is 15.3. The first kappa shape index (κ1) is 18.4. The number of rotatable bonds is 2. The number of anilines is 1. The van der Waals surface area contributed by atoms with Crippen LogP contribution in [0.25, 0.3) is 0 Å². The van der Waals surface area contributed by atoms with E-state index in [1.807, 2.05) is 24.0 Å². The summed E-state index contributed by atoms with van der Waals surface area (Å²) in [6.45, 7) is 9.84. The van der Waals surface area contributed by atoms with Gasteiger partial charge in [-0.05, 0) is 68.1 Å². The molecule has 4 rings (SSSR count). The molecule has 2 heterocycles. The number of hydrogen-bond acceptors (Lipinski definition) is 1. The maximum absolute atomic E-state index is 13.3. The van der Waals surface area contributed by atoms with E-state index >= 15 is 0 Å². The van der Waals surface area contributed by atoms with Crippen LogP contribution in [0.4, 0.5) is 10.5 Å². The second-order valence-corrected chi connectivity index (χ2v) is 7.76. The van der Waals surface area contributed by atoms with Gasteiger partial charge in [0.05, 0.1) is 6.04 Å². The molecule has 2 amide bonds. The highest BCUT2D eigenvalue weighted by Crippen LogP contribution is 2.35. The molecule has 3 aromatic rings. The van der Waals surface area contributed by atoms with Crippen molar-refractivity contribution in [3.05, 3.63) is 88.2 Å². The SMILES string of the molecule is Cc1ccc(C2c3cccn3CCN2C(=O)Nc2cccc(C)c2C)c(C)c1. The van der Waals surface area contributed by atoms with Crippen molar-refractivity contribution >= 4 is 11.7 Å². The highest BCUT2D eigenvalue weighted by molar-refractivity contribution is 5.91. The highest BCUT2D eigenvalue weighted by atomic mass is 16.2. The van der Waals surface area contributed by atoms with E-state index in [4.69, 9.17) is 0 Å². The van der Waals surface area contributed by atoms with Crippen LogP contribution in [0.2, 0.25) is 0 Å². The number of hydrogen-bond donors (Lipinski definition) is 1. The number of benzene rings is 2.